The zero-order chi connectivity index (χ0) is 21.2. The highest BCUT2D eigenvalue weighted by atomic mass is 35.5. The first kappa shape index (κ1) is 21.8. The number of para-hydroxylation sites is 1. The Morgan fingerprint density at radius 2 is 1.82 bits per heavy atom. The van der Waals surface area contributed by atoms with Gasteiger partial charge in [-0.2, -0.15) is 8.42 Å². The van der Waals surface area contributed by atoms with Crippen LogP contribution in [-0.4, -0.2) is 35.7 Å². The number of fused-ring (bicyclic) bond motifs is 1. The van der Waals surface area contributed by atoms with Gasteiger partial charge in [0.2, 0.25) is 0 Å². The molecule has 150 valence electrons. The number of carboxylic acids is 1. The SMILES string of the molecule is CC(C)N1C(=O)c2ccccc2NS1(=O)=O.Nc1cc(Cl)cc(C(=O)O)c1Cl. The number of nitrogens with two attached hydrogens (primary N) is 1. The largest absolute Gasteiger partial charge is 0.478 e. The smallest absolute Gasteiger partial charge is 0.337 e. The molecule has 2 aromatic rings. The molecule has 3 rings (SSSR count). The van der Waals surface area contributed by atoms with Crippen LogP contribution in [0.2, 0.25) is 10.0 Å². The van der Waals surface area contributed by atoms with Gasteiger partial charge in [0, 0.05) is 11.1 Å². The molecular weight excluding hydrogens is 429 g/mol. The number of anilines is 2. The Morgan fingerprint density at radius 1 is 1.21 bits per heavy atom. The summed E-state index contributed by atoms with van der Waals surface area (Å²) in [6.07, 6.45) is 0. The standard InChI is InChI=1S/C10H12N2O3S.C7H5Cl2NO2/c1-7(2)12-10(13)8-5-3-4-6-9(8)11-16(12,14)15;8-3-1-4(7(11)12)6(9)5(10)2-3/h3-7,11H,1-2H3;1-2H,10H2,(H,11,12). The van der Waals surface area contributed by atoms with Gasteiger partial charge in [-0.3, -0.25) is 9.52 Å². The van der Waals surface area contributed by atoms with E-state index in [1.807, 2.05) is 0 Å². The molecule has 2 aromatic carbocycles. The molecule has 28 heavy (non-hydrogen) atoms. The molecule has 0 aromatic heterocycles. The highest BCUT2D eigenvalue weighted by Gasteiger charge is 2.36. The molecule has 0 atom stereocenters. The van der Waals surface area contributed by atoms with Crippen LogP contribution >= 0.6 is 23.2 Å². The fourth-order valence-corrected chi connectivity index (χ4v) is 4.30. The summed E-state index contributed by atoms with van der Waals surface area (Å²) in [5.74, 6) is -1.63. The average molecular weight is 446 g/mol. The molecule has 0 unspecified atom stereocenters. The molecule has 0 aliphatic carbocycles. The Kier molecular flexibility index (Phi) is 6.43. The summed E-state index contributed by atoms with van der Waals surface area (Å²) in [5.41, 5.74) is 6.18. The van der Waals surface area contributed by atoms with Gasteiger partial charge in [0.1, 0.15) is 0 Å². The molecule has 8 nitrogen and oxygen atoms in total. The third kappa shape index (κ3) is 4.49. The molecule has 11 heteroatoms. The number of rotatable bonds is 2. The second-order valence-electron chi connectivity index (χ2n) is 6.01. The molecule has 4 N–H and O–H groups in total. The normalized spacial score (nSPS) is 14.6. The summed E-state index contributed by atoms with van der Waals surface area (Å²) in [6.45, 7) is 3.32. The second kappa shape index (κ2) is 8.26. The number of nitrogens with zero attached hydrogens (tertiary/aromatic N) is 1. The lowest BCUT2D eigenvalue weighted by Gasteiger charge is -2.31. The van der Waals surface area contributed by atoms with E-state index < -0.39 is 28.1 Å². The van der Waals surface area contributed by atoms with Gasteiger partial charge in [-0.15, -0.1) is 0 Å². The molecule has 0 saturated carbocycles. The number of nitrogens with one attached hydrogen (secondary N) is 1. The van der Waals surface area contributed by atoms with Crippen molar-refractivity contribution in [3.05, 3.63) is 57.6 Å². The van der Waals surface area contributed by atoms with Crippen molar-refractivity contribution < 1.29 is 23.1 Å². The van der Waals surface area contributed by atoms with Gasteiger partial charge in [-0.25, -0.2) is 9.10 Å². The van der Waals surface area contributed by atoms with E-state index in [4.69, 9.17) is 34.0 Å². The highest BCUT2D eigenvalue weighted by molar-refractivity contribution is 7.91. The molecule has 0 fully saturated rings. The first-order chi connectivity index (χ1) is 13.0. The predicted octanol–water partition coefficient (Wildman–Crippen LogP) is 3.48. The second-order valence-corrected chi connectivity index (χ2v) is 8.37. The van der Waals surface area contributed by atoms with Gasteiger partial charge in [0.05, 0.1) is 27.5 Å². The minimum atomic E-state index is -3.75. The third-order valence-corrected chi connectivity index (χ3v) is 5.84. The van der Waals surface area contributed by atoms with Crippen LogP contribution in [0, 0.1) is 0 Å². The number of carbonyl (C=O) groups is 2. The average Bonchev–Trinajstić information content (AvgIpc) is 2.57. The van der Waals surface area contributed by atoms with Crippen LogP contribution in [-0.2, 0) is 10.2 Å². The summed E-state index contributed by atoms with van der Waals surface area (Å²) in [7, 11) is -3.75. The van der Waals surface area contributed by atoms with Crippen LogP contribution in [0.4, 0.5) is 11.4 Å². The van der Waals surface area contributed by atoms with Crippen LogP contribution in [0.15, 0.2) is 36.4 Å². The Bertz CT molecular complexity index is 1040. The van der Waals surface area contributed by atoms with Crippen LogP contribution in [0.25, 0.3) is 0 Å². The molecule has 0 bridgehead atoms. The van der Waals surface area contributed by atoms with Crippen molar-refractivity contribution in [2.24, 2.45) is 0 Å². The van der Waals surface area contributed by atoms with E-state index >= 15 is 0 Å². The van der Waals surface area contributed by atoms with Gasteiger partial charge in [0.25, 0.3) is 5.91 Å². The maximum absolute atomic E-state index is 12.0. The summed E-state index contributed by atoms with van der Waals surface area (Å²) in [5, 5.41) is 8.89. The molecular formula is C17H17Cl2N3O5S. The van der Waals surface area contributed by atoms with Crippen molar-refractivity contribution in [1.29, 1.82) is 0 Å². The van der Waals surface area contributed by atoms with E-state index in [2.05, 4.69) is 4.72 Å². The van der Waals surface area contributed by atoms with Gasteiger partial charge in [-0.1, -0.05) is 35.3 Å². The van der Waals surface area contributed by atoms with E-state index in [0.717, 1.165) is 4.31 Å². The zero-order valence-electron chi connectivity index (χ0n) is 14.8. The third-order valence-electron chi connectivity index (χ3n) is 3.62. The number of benzene rings is 2. The van der Waals surface area contributed by atoms with Crippen molar-refractivity contribution >= 4 is 56.7 Å². The quantitative estimate of drug-likeness (QED) is 0.606. The lowest BCUT2D eigenvalue weighted by atomic mass is 10.1. The molecule has 1 amide bonds. The highest BCUT2D eigenvalue weighted by Crippen LogP contribution is 2.28. The van der Waals surface area contributed by atoms with E-state index in [0.29, 0.717) is 11.3 Å². The number of nitrogen functional groups attached to an aromatic ring is 1. The summed E-state index contributed by atoms with van der Waals surface area (Å²) >= 11 is 11.2. The Hall–Kier alpha value is -2.49. The zero-order valence-corrected chi connectivity index (χ0v) is 17.1. The van der Waals surface area contributed by atoms with E-state index in [9.17, 15) is 18.0 Å². The first-order valence-corrected chi connectivity index (χ1v) is 10.1. The number of hydrogen-bond donors (Lipinski definition) is 3. The molecule has 0 saturated heterocycles. The predicted molar refractivity (Wildman–Crippen MR) is 108 cm³/mol. The number of amides is 1. The minimum Gasteiger partial charge on any atom is -0.478 e. The maximum Gasteiger partial charge on any atom is 0.337 e. The Morgan fingerprint density at radius 3 is 2.39 bits per heavy atom. The number of carbonyl (C=O) groups excluding carboxylic acids is 1. The molecule has 0 spiro atoms. The fraction of sp³-hybridized carbons (Fsp3) is 0.176. The summed E-state index contributed by atoms with van der Waals surface area (Å²) in [4.78, 5) is 22.5. The number of hydrogen-bond acceptors (Lipinski definition) is 5. The summed E-state index contributed by atoms with van der Waals surface area (Å²) < 4.78 is 26.8. The van der Waals surface area contributed by atoms with Crippen LogP contribution in [0.1, 0.15) is 34.6 Å². The van der Waals surface area contributed by atoms with Crippen LogP contribution in [0.5, 0.6) is 0 Å². The van der Waals surface area contributed by atoms with E-state index in [1.165, 1.54) is 12.1 Å². The van der Waals surface area contributed by atoms with Crippen molar-refractivity contribution in [3.8, 4) is 0 Å². The number of halogens is 2. The minimum absolute atomic E-state index is 0.0203. The lowest BCUT2D eigenvalue weighted by molar-refractivity contribution is 0.0696. The fourth-order valence-electron chi connectivity index (χ4n) is 2.45. The topological polar surface area (TPSA) is 130 Å². The number of carboxylic acid groups (broad SMARTS) is 1. The molecule has 1 aliphatic heterocycles. The van der Waals surface area contributed by atoms with Gasteiger partial charge >= 0.3 is 16.2 Å². The van der Waals surface area contributed by atoms with Crippen molar-refractivity contribution in [2.75, 3.05) is 10.5 Å². The van der Waals surface area contributed by atoms with Crippen LogP contribution in [0.3, 0.4) is 0 Å². The summed E-state index contributed by atoms with van der Waals surface area (Å²) in [6, 6.07) is 8.81. The van der Waals surface area contributed by atoms with E-state index in [1.54, 1.807) is 38.1 Å². The molecule has 1 aliphatic rings. The lowest BCUT2D eigenvalue weighted by Crippen LogP contribution is -2.48. The maximum atomic E-state index is 12.0. The van der Waals surface area contributed by atoms with E-state index in [-0.39, 0.29) is 21.3 Å². The van der Waals surface area contributed by atoms with Gasteiger partial charge in [-0.05, 0) is 38.1 Å². The van der Waals surface area contributed by atoms with Gasteiger partial charge in [0.15, 0.2) is 0 Å². The van der Waals surface area contributed by atoms with Crippen LogP contribution < -0.4 is 10.5 Å². The molecule has 1 heterocycles. The van der Waals surface area contributed by atoms with Gasteiger partial charge < -0.3 is 10.8 Å². The van der Waals surface area contributed by atoms with Crippen molar-refractivity contribution in [3.63, 3.8) is 0 Å². The number of aromatic carboxylic acids is 1. The monoisotopic (exact) mass is 445 g/mol. The van der Waals surface area contributed by atoms with Crippen molar-refractivity contribution in [2.45, 2.75) is 19.9 Å². The Labute approximate surface area is 172 Å². The Balaban J connectivity index is 0.000000209. The first-order valence-electron chi connectivity index (χ1n) is 7.89. The molecule has 0 radical (unpaired) electrons. The van der Waals surface area contributed by atoms with Crippen molar-refractivity contribution in [1.82, 2.24) is 4.31 Å².